The number of halogens is 2. The fourth-order valence-electron chi connectivity index (χ4n) is 2.92. The van der Waals surface area contributed by atoms with Crippen LogP contribution in [0, 0.1) is 11.8 Å². The second kappa shape index (κ2) is 11.7. The summed E-state index contributed by atoms with van der Waals surface area (Å²) in [5.74, 6) is 1.81. The Balaban J connectivity index is 0.00000264. The minimum absolute atomic E-state index is 0. The van der Waals surface area contributed by atoms with Crippen molar-refractivity contribution in [2.75, 3.05) is 39.0 Å². The van der Waals surface area contributed by atoms with Gasteiger partial charge in [-0.25, -0.2) is 0 Å². The molecule has 1 fully saturated rings. The van der Waals surface area contributed by atoms with E-state index in [1.165, 1.54) is 12.8 Å². The van der Waals surface area contributed by atoms with Gasteiger partial charge in [0.1, 0.15) is 0 Å². The number of piperidine rings is 1. The summed E-state index contributed by atoms with van der Waals surface area (Å²) in [5.41, 5.74) is 0. The van der Waals surface area contributed by atoms with E-state index in [4.69, 9.17) is 0 Å². The van der Waals surface area contributed by atoms with E-state index in [2.05, 4.69) is 27.6 Å². The summed E-state index contributed by atoms with van der Waals surface area (Å²) in [7, 11) is 4.07. The number of nitrogens with one attached hydrogen (secondary N) is 2. The Morgan fingerprint density at radius 2 is 2.08 bits per heavy atom. The first-order valence-electron chi connectivity index (χ1n) is 8.23. The first-order valence-corrected chi connectivity index (χ1v) is 8.23. The minimum Gasteiger partial charge on any atom is -0.317 e. The van der Waals surface area contributed by atoms with Crippen molar-refractivity contribution < 1.29 is 4.79 Å². The van der Waals surface area contributed by atoms with Gasteiger partial charge in [-0.15, -0.1) is 24.8 Å². The van der Waals surface area contributed by atoms with Gasteiger partial charge in [-0.2, -0.15) is 5.10 Å². The van der Waals surface area contributed by atoms with Crippen LogP contribution in [-0.2, 0) is 11.3 Å². The Kier molecular flexibility index (Phi) is 11.3. The first-order chi connectivity index (χ1) is 10.5. The van der Waals surface area contributed by atoms with Gasteiger partial charge in [-0.3, -0.25) is 9.48 Å². The molecule has 0 saturated carbocycles. The van der Waals surface area contributed by atoms with Crippen LogP contribution in [0.25, 0.3) is 0 Å². The Morgan fingerprint density at radius 1 is 1.42 bits per heavy atom. The van der Waals surface area contributed by atoms with Crippen LogP contribution in [-0.4, -0.2) is 54.3 Å². The number of likely N-dealkylation sites (N-methyl/N-ethyl adjacent to an activating group) is 1. The predicted octanol–water partition coefficient (Wildman–Crippen LogP) is 2.25. The number of carbonyl (C=O) groups excluding carboxylic acids is 1. The second-order valence-corrected chi connectivity index (χ2v) is 6.58. The summed E-state index contributed by atoms with van der Waals surface area (Å²) in [5, 5.41) is 10.7. The highest BCUT2D eigenvalue weighted by Crippen LogP contribution is 2.24. The maximum atomic E-state index is 12.2. The number of aromatic nitrogens is 2. The molecule has 140 valence electrons. The van der Waals surface area contributed by atoms with E-state index in [0.29, 0.717) is 24.1 Å². The lowest BCUT2D eigenvalue weighted by Gasteiger charge is -2.27. The molecular weight excluding hydrogens is 349 g/mol. The van der Waals surface area contributed by atoms with Crippen LogP contribution in [0.3, 0.4) is 0 Å². The highest BCUT2D eigenvalue weighted by Gasteiger charge is 2.22. The molecule has 6 nitrogen and oxygen atoms in total. The molecule has 1 atom stereocenters. The van der Waals surface area contributed by atoms with Crippen LogP contribution in [0.15, 0.2) is 12.3 Å². The Labute approximate surface area is 157 Å². The molecule has 8 heteroatoms. The van der Waals surface area contributed by atoms with Crippen LogP contribution >= 0.6 is 24.8 Å². The van der Waals surface area contributed by atoms with Crippen molar-refractivity contribution in [1.82, 2.24) is 20.0 Å². The normalized spacial score (nSPS) is 16.2. The van der Waals surface area contributed by atoms with Crippen LogP contribution in [0.5, 0.6) is 0 Å². The molecule has 0 aromatic carbocycles. The summed E-state index contributed by atoms with van der Waals surface area (Å²) in [6, 6.07) is 1.86. The van der Waals surface area contributed by atoms with E-state index >= 15 is 0 Å². The lowest BCUT2D eigenvalue weighted by Crippen LogP contribution is -2.32. The van der Waals surface area contributed by atoms with Gasteiger partial charge in [-0.1, -0.05) is 6.92 Å². The van der Waals surface area contributed by atoms with E-state index in [1.54, 1.807) is 0 Å². The third kappa shape index (κ3) is 7.83. The van der Waals surface area contributed by atoms with Crippen molar-refractivity contribution in [2.45, 2.75) is 32.7 Å². The van der Waals surface area contributed by atoms with Gasteiger partial charge in [0.25, 0.3) is 0 Å². The fourth-order valence-corrected chi connectivity index (χ4v) is 2.92. The maximum absolute atomic E-state index is 12.2. The molecule has 24 heavy (non-hydrogen) atoms. The molecule has 1 saturated heterocycles. The van der Waals surface area contributed by atoms with E-state index in [1.807, 2.05) is 31.0 Å². The van der Waals surface area contributed by atoms with Gasteiger partial charge < -0.3 is 15.5 Å². The van der Waals surface area contributed by atoms with Crippen molar-refractivity contribution in [3.8, 4) is 0 Å². The highest BCUT2D eigenvalue weighted by atomic mass is 35.5. The van der Waals surface area contributed by atoms with Crippen molar-refractivity contribution in [3.63, 3.8) is 0 Å². The SMILES string of the molecule is CC(CC(=O)Nc1ccn(CCN(C)C)n1)C1CCNCC1.Cl.Cl. The van der Waals surface area contributed by atoms with E-state index < -0.39 is 0 Å². The number of carbonyl (C=O) groups is 1. The van der Waals surface area contributed by atoms with Gasteiger partial charge in [-0.05, 0) is 51.9 Å². The molecule has 1 unspecified atom stereocenters. The number of anilines is 1. The van der Waals surface area contributed by atoms with Crippen molar-refractivity contribution in [1.29, 1.82) is 0 Å². The number of hydrogen-bond acceptors (Lipinski definition) is 4. The summed E-state index contributed by atoms with van der Waals surface area (Å²) in [4.78, 5) is 14.3. The molecule has 0 bridgehead atoms. The lowest BCUT2D eigenvalue weighted by molar-refractivity contribution is -0.117. The molecule has 2 rings (SSSR count). The average molecular weight is 380 g/mol. The summed E-state index contributed by atoms with van der Waals surface area (Å²) in [6.07, 6.45) is 4.84. The van der Waals surface area contributed by atoms with E-state index in [-0.39, 0.29) is 30.7 Å². The second-order valence-electron chi connectivity index (χ2n) is 6.58. The number of hydrogen-bond donors (Lipinski definition) is 2. The van der Waals surface area contributed by atoms with Crippen LogP contribution in [0.1, 0.15) is 26.2 Å². The van der Waals surface area contributed by atoms with Crippen molar-refractivity contribution >= 4 is 36.5 Å². The van der Waals surface area contributed by atoms with E-state index in [0.717, 1.165) is 26.2 Å². The number of nitrogens with zero attached hydrogens (tertiary/aromatic N) is 3. The summed E-state index contributed by atoms with van der Waals surface area (Å²) < 4.78 is 1.87. The van der Waals surface area contributed by atoms with Crippen LogP contribution < -0.4 is 10.6 Å². The van der Waals surface area contributed by atoms with Gasteiger partial charge in [0, 0.05) is 25.2 Å². The topological polar surface area (TPSA) is 62.2 Å². The van der Waals surface area contributed by atoms with Gasteiger partial charge in [0.15, 0.2) is 5.82 Å². The molecule has 2 heterocycles. The molecule has 1 aromatic heterocycles. The molecule has 0 spiro atoms. The molecule has 1 amide bonds. The average Bonchev–Trinajstić information content (AvgIpc) is 2.93. The van der Waals surface area contributed by atoms with Gasteiger partial charge >= 0.3 is 0 Å². The summed E-state index contributed by atoms with van der Waals surface area (Å²) in [6.45, 7) is 6.10. The Hall–Kier alpha value is -0.820. The fraction of sp³-hybridized carbons (Fsp3) is 0.750. The standard InChI is InChI=1S/C16H29N5O.2ClH/c1-13(14-4-7-17-8-5-14)12-16(22)18-15-6-9-21(19-15)11-10-20(2)3;;/h6,9,13-14,17H,4-5,7-8,10-12H2,1-3H3,(H,18,19,22);2*1H. The van der Waals surface area contributed by atoms with Crippen LogP contribution in [0.4, 0.5) is 5.82 Å². The van der Waals surface area contributed by atoms with E-state index in [9.17, 15) is 4.79 Å². The molecule has 0 radical (unpaired) electrons. The third-order valence-corrected chi connectivity index (χ3v) is 4.38. The summed E-state index contributed by atoms with van der Waals surface area (Å²) >= 11 is 0. The largest absolute Gasteiger partial charge is 0.317 e. The zero-order valence-electron chi connectivity index (χ0n) is 14.8. The van der Waals surface area contributed by atoms with Crippen molar-refractivity contribution in [3.05, 3.63) is 12.3 Å². The first kappa shape index (κ1) is 23.2. The number of rotatable bonds is 7. The zero-order chi connectivity index (χ0) is 15.9. The van der Waals surface area contributed by atoms with Gasteiger partial charge in [0.2, 0.25) is 5.91 Å². The molecular formula is C16H31Cl2N5O. The molecule has 1 aromatic rings. The minimum atomic E-state index is 0. The Morgan fingerprint density at radius 3 is 2.71 bits per heavy atom. The quantitative estimate of drug-likeness (QED) is 0.762. The molecule has 1 aliphatic heterocycles. The van der Waals surface area contributed by atoms with Gasteiger partial charge in [0.05, 0.1) is 6.54 Å². The monoisotopic (exact) mass is 379 g/mol. The lowest BCUT2D eigenvalue weighted by atomic mass is 9.84. The van der Waals surface area contributed by atoms with Crippen LogP contribution in [0.2, 0.25) is 0 Å². The molecule has 2 N–H and O–H groups in total. The predicted molar refractivity (Wildman–Crippen MR) is 103 cm³/mol. The van der Waals surface area contributed by atoms with Crippen molar-refractivity contribution in [2.24, 2.45) is 11.8 Å². The third-order valence-electron chi connectivity index (χ3n) is 4.38. The maximum Gasteiger partial charge on any atom is 0.225 e. The highest BCUT2D eigenvalue weighted by molar-refractivity contribution is 5.89. The Bertz CT molecular complexity index is 475. The molecule has 0 aliphatic carbocycles. The molecule has 1 aliphatic rings. The smallest absolute Gasteiger partial charge is 0.225 e. The zero-order valence-corrected chi connectivity index (χ0v) is 16.5. The number of amides is 1.